The Morgan fingerprint density at radius 3 is 1.62 bits per heavy atom. The Balaban J connectivity index is 3.35. The molecule has 0 bridgehead atoms. The first-order valence-corrected chi connectivity index (χ1v) is 18.7. The van der Waals surface area contributed by atoms with Crippen LogP contribution in [0.5, 0.6) is 0 Å². The molecule has 0 aliphatic heterocycles. The van der Waals surface area contributed by atoms with Gasteiger partial charge in [-0.2, -0.15) is 0 Å². The van der Waals surface area contributed by atoms with Gasteiger partial charge in [0.15, 0.2) is 0 Å². The molecule has 3 N–H and O–H groups in total. The lowest BCUT2D eigenvalue weighted by molar-refractivity contribution is -0.146. The predicted octanol–water partition coefficient (Wildman–Crippen LogP) is 4.71. The van der Waals surface area contributed by atoms with Crippen LogP contribution in [0.25, 0.3) is 0 Å². The standard InChI is InChI=1S/C40H67N5O8/c1-24(2)20-29(34(46)43-31(38(50)52-14)23-28-18-16-15-17-19-28)41-36(48)33(27(7)8)45(13)37(49)30(21-25(3)4)42-35(47)32(22-26(5)6)44(12)39(51)53-40(9,10)11/h15-19,24-27,29-33H,20-23H2,1-14H3,(H,41,48)(H,42,47)(H,43,46)/t29-,30-,31-,32-,33-/m0/s1. The van der Waals surface area contributed by atoms with E-state index in [-0.39, 0.29) is 42.9 Å². The van der Waals surface area contributed by atoms with Crippen molar-refractivity contribution >= 4 is 35.7 Å². The van der Waals surface area contributed by atoms with E-state index in [1.807, 2.05) is 71.9 Å². The molecule has 0 aromatic heterocycles. The third kappa shape index (κ3) is 16.2. The Bertz CT molecular complexity index is 1360. The Kier molecular flexibility index (Phi) is 19.0. The monoisotopic (exact) mass is 745 g/mol. The fourth-order valence-electron chi connectivity index (χ4n) is 6.04. The van der Waals surface area contributed by atoms with Crippen molar-refractivity contribution in [3.8, 4) is 0 Å². The van der Waals surface area contributed by atoms with Crippen molar-refractivity contribution in [2.45, 2.75) is 138 Å². The largest absolute Gasteiger partial charge is 0.467 e. The van der Waals surface area contributed by atoms with Crippen molar-refractivity contribution in [1.82, 2.24) is 25.8 Å². The average Bonchev–Trinajstić information content (AvgIpc) is 3.04. The predicted molar refractivity (Wildman–Crippen MR) is 206 cm³/mol. The summed E-state index contributed by atoms with van der Waals surface area (Å²) in [7, 11) is 4.26. The number of hydrogen-bond donors (Lipinski definition) is 3. The summed E-state index contributed by atoms with van der Waals surface area (Å²) in [6, 6.07) is 4.29. The zero-order chi connectivity index (χ0) is 40.8. The van der Waals surface area contributed by atoms with E-state index in [1.165, 1.54) is 31.0 Å². The van der Waals surface area contributed by atoms with Crippen molar-refractivity contribution in [1.29, 1.82) is 0 Å². The van der Waals surface area contributed by atoms with Crippen LogP contribution in [0, 0.1) is 23.7 Å². The molecule has 1 aromatic carbocycles. The molecule has 0 radical (unpaired) electrons. The number of likely N-dealkylation sites (N-methyl/N-ethyl adjacent to an activating group) is 2. The van der Waals surface area contributed by atoms with E-state index in [9.17, 15) is 28.8 Å². The first-order valence-electron chi connectivity index (χ1n) is 18.7. The van der Waals surface area contributed by atoms with E-state index in [2.05, 4.69) is 16.0 Å². The van der Waals surface area contributed by atoms with Gasteiger partial charge in [0.25, 0.3) is 0 Å². The molecule has 13 nitrogen and oxygen atoms in total. The molecule has 0 spiro atoms. The number of amides is 5. The highest BCUT2D eigenvalue weighted by molar-refractivity contribution is 5.96. The van der Waals surface area contributed by atoms with Gasteiger partial charge in [0.1, 0.15) is 35.8 Å². The Hall–Kier alpha value is -4.16. The molecule has 0 fully saturated rings. The van der Waals surface area contributed by atoms with Gasteiger partial charge in [-0.25, -0.2) is 9.59 Å². The number of carbonyl (C=O) groups excluding carboxylic acids is 6. The van der Waals surface area contributed by atoms with Crippen molar-refractivity contribution in [2.75, 3.05) is 21.2 Å². The molecule has 13 heteroatoms. The maximum atomic E-state index is 14.2. The summed E-state index contributed by atoms with van der Waals surface area (Å²) in [6.45, 7) is 20.4. The third-order valence-corrected chi connectivity index (χ3v) is 8.56. The number of rotatable bonds is 19. The lowest BCUT2D eigenvalue weighted by Crippen LogP contribution is -2.60. The molecule has 0 saturated heterocycles. The SMILES string of the molecule is COC(=O)[C@H](Cc1ccccc1)NC(=O)[C@H](CC(C)C)NC(=O)[C@H](C(C)C)N(C)C(=O)[C@H](CC(C)C)NC(=O)[C@H](CC(C)C)N(C)C(=O)OC(C)(C)C. The molecule has 5 amide bonds. The number of nitrogens with one attached hydrogen (secondary N) is 3. The van der Waals surface area contributed by atoms with Crippen LogP contribution in [0.4, 0.5) is 4.79 Å². The van der Waals surface area contributed by atoms with Crippen molar-refractivity contribution in [3.63, 3.8) is 0 Å². The molecular weight excluding hydrogens is 678 g/mol. The Labute approximate surface area is 317 Å². The van der Waals surface area contributed by atoms with Crippen LogP contribution in [-0.2, 0) is 39.9 Å². The molecule has 0 aliphatic rings. The third-order valence-electron chi connectivity index (χ3n) is 8.56. The van der Waals surface area contributed by atoms with Gasteiger partial charge in [-0.15, -0.1) is 0 Å². The smallest absolute Gasteiger partial charge is 0.410 e. The Morgan fingerprint density at radius 1 is 0.660 bits per heavy atom. The maximum absolute atomic E-state index is 14.2. The van der Waals surface area contributed by atoms with Gasteiger partial charge in [0, 0.05) is 20.5 Å². The molecule has 300 valence electrons. The quantitative estimate of drug-likeness (QED) is 0.172. The first-order chi connectivity index (χ1) is 24.5. The van der Waals surface area contributed by atoms with Crippen LogP contribution in [-0.4, -0.2) is 103 Å². The van der Waals surface area contributed by atoms with E-state index in [0.29, 0.717) is 6.42 Å². The van der Waals surface area contributed by atoms with Crippen LogP contribution in [0.2, 0.25) is 0 Å². The topological polar surface area (TPSA) is 163 Å². The summed E-state index contributed by atoms with van der Waals surface area (Å²) < 4.78 is 10.5. The number of benzene rings is 1. The molecule has 5 atom stereocenters. The molecule has 0 heterocycles. The average molecular weight is 746 g/mol. The minimum Gasteiger partial charge on any atom is -0.467 e. The van der Waals surface area contributed by atoms with Crippen molar-refractivity contribution in [3.05, 3.63) is 35.9 Å². The van der Waals surface area contributed by atoms with E-state index in [1.54, 1.807) is 34.6 Å². The number of methoxy groups -OCH3 is 1. The van der Waals surface area contributed by atoms with Crippen molar-refractivity contribution < 1.29 is 38.2 Å². The molecular formula is C40H67N5O8. The molecule has 0 saturated carbocycles. The van der Waals surface area contributed by atoms with Gasteiger partial charge in [-0.05, 0) is 69.3 Å². The first kappa shape index (κ1) is 46.9. The molecule has 0 aliphatic carbocycles. The second kappa shape index (κ2) is 21.5. The number of ether oxygens (including phenoxy) is 2. The van der Waals surface area contributed by atoms with Gasteiger partial charge in [0.05, 0.1) is 7.11 Å². The lowest BCUT2D eigenvalue weighted by atomic mass is 9.96. The maximum Gasteiger partial charge on any atom is 0.410 e. The zero-order valence-electron chi connectivity index (χ0n) is 34.6. The summed E-state index contributed by atoms with van der Waals surface area (Å²) in [4.78, 5) is 84.1. The van der Waals surface area contributed by atoms with Gasteiger partial charge in [-0.3, -0.25) is 24.1 Å². The van der Waals surface area contributed by atoms with Gasteiger partial charge in [0.2, 0.25) is 23.6 Å². The number of nitrogens with zero attached hydrogens (tertiary/aromatic N) is 2. The van der Waals surface area contributed by atoms with Crippen molar-refractivity contribution in [2.24, 2.45) is 23.7 Å². The van der Waals surface area contributed by atoms with Gasteiger partial charge in [-0.1, -0.05) is 85.7 Å². The minimum atomic E-state index is -1.01. The Morgan fingerprint density at radius 2 is 1.15 bits per heavy atom. The van der Waals surface area contributed by atoms with E-state index in [0.717, 1.165) is 5.56 Å². The molecule has 53 heavy (non-hydrogen) atoms. The van der Waals surface area contributed by atoms with E-state index >= 15 is 0 Å². The summed E-state index contributed by atoms with van der Waals surface area (Å²) in [5.74, 6) is -3.05. The van der Waals surface area contributed by atoms with Crippen LogP contribution in [0.15, 0.2) is 30.3 Å². The summed E-state index contributed by atoms with van der Waals surface area (Å²) in [5.41, 5.74) is 0.0537. The number of hydrogen-bond acceptors (Lipinski definition) is 8. The normalized spacial score (nSPS) is 14.5. The highest BCUT2D eigenvalue weighted by atomic mass is 16.6. The number of carbonyl (C=O) groups is 6. The van der Waals surface area contributed by atoms with Crippen LogP contribution in [0.1, 0.15) is 101 Å². The summed E-state index contributed by atoms with van der Waals surface area (Å²) >= 11 is 0. The lowest BCUT2D eigenvalue weighted by Gasteiger charge is -2.36. The molecule has 1 rings (SSSR count). The van der Waals surface area contributed by atoms with Crippen LogP contribution < -0.4 is 16.0 Å². The highest BCUT2D eigenvalue weighted by Crippen LogP contribution is 2.19. The highest BCUT2D eigenvalue weighted by Gasteiger charge is 2.38. The van der Waals surface area contributed by atoms with E-state index in [4.69, 9.17) is 9.47 Å². The van der Waals surface area contributed by atoms with Gasteiger partial charge >= 0.3 is 12.1 Å². The summed E-state index contributed by atoms with van der Waals surface area (Å²) in [5, 5.41) is 8.51. The van der Waals surface area contributed by atoms with Crippen LogP contribution in [0.3, 0.4) is 0 Å². The molecule has 0 unspecified atom stereocenters. The van der Waals surface area contributed by atoms with Gasteiger partial charge < -0.3 is 30.3 Å². The zero-order valence-corrected chi connectivity index (χ0v) is 34.6. The number of esters is 1. The minimum absolute atomic E-state index is 0.00292. The van der Waals surface area contributed by atoms with E-state index < -0.39 is 71.5 Å². The fraction of sp³-hybridized carbons (Fsp3) is 0.700. The van der Waals surface area contributed by atoms with Crippen LogP contribution >= 0.6 is 0 Å². The summed E-state index contributed by atoms with van der Waals surface area (Å²) in [6.07, 6.45) is 0.422. The second-order valence-electron chi connectivity index (χ2n) is 16.5. The second-order valence-corrected chi connectivity index (χ2v) is 16.5. The fourth-order valence-corrected chi connectivity index (χ4v) is 6.04. The molecule has 1 aromatic rings.